The molecule has 2 rings (SSSR count). The molecule has 1 fully saturated rings. The van der Waals surface area contributed by atoms with E-state index in [0.717, 1.165) is 18.4 Å². The second kappa shape index (κ2) is 4.88. The minimum Gasteiger partial charge on any atom is -0.359 e. The zero-order valence-electron chi connectivity index (χ0n) is 9.17. The van der Waals surface area contributed by atoms with Crippen molar-refractivity contribution < 1.29 is 13.2 Å². The predicted molar refractivity (Wildman–Crippen MR) is 65.5 cm³/mol. The smallest absolute Gasteiger partial charge is 0.359 e. The highest BCUT2D eigenvalue weighted by atomic mass is 79.9. The molecule has 0 amide bonds. The second-order valence-corrected chi connectivity index (χ2v) is 4.80. The minimum absolute atomic E-state index is 0.0526. The highest BCUT2D eigenvalue weighted by Crippen LogP contribution is 2.36. The number of rotatable bonds is 4. The summed E-state index contributed by atoms with van der Waals surface area (Å²) in [6.07, 6.45) is -2.44. The first kappa shape index (κ1) is 12.7. The normalized spacial score (nSPS) is 16.0. The number of benzene rings is 1. The van der Waals surface area contributed by atoms with E-state index in [1.54, 1.807) is 12.1 Å². The molecule has 0 bridgehead atoms. The van der Waals surface area contributed by atoms with E-state index in [4.69, 9.17) is 0 Å². The number of hydrogen-bond donors (Lipinski definition) is 0. The van der Waals surface area contributed by atoms with Gasteiger partial charge < -0.3 is 4.90 Å². The highest BCUT2D eigenvalue weighted by Gasteiger charge is 2.38. The molecule has 0 aromatic heterocycles. The summed E-state index contributed by atoms with van der Waals surface area (Å²) in [5.74, 6) is 0. The van der Waals surface area contributed by atoms with Crippen LogP contribution in [0.1, 0.15) is 18.4 Å². The summed E-state index contributed by atoms with van der Waals surface area (Å²) in [5.41, 5.74) is 1.60. The molecule has 0 heterocycles. The van der Waals surface area contributed by atoms with Gasteiger partial charge in [-0.25, -0.2) is 0 Å². The number of nitrogens with zero attached hydrogens (tertiary/aromatic N) is 1. The highest BCUT2D eigenvalue weighted by molar-refractivity contribution is 9.08. The Morgan fingerprint density at radius 3 is 2.41 bits per heavy atom. The van der Waals surface area contributed by atoms with Crippen molar-refractivity contribution in [2.75, 3.05) is 11.4 Å². The molecule has 1 aliphatic carbocycles. The van der Waals surface area contributed by atoms with Crippen LogP contribution in [-0.4, -0.2) is 18.8 Å². The SMILES string of the molecule is FC(F)(F)CN(c1ccccc1CBr)C1CC1. The molecule has 0 radical (unpaired) electrons. The average Bonchev–Trinajstić information content (AvgIpc) is 3.08. The number of halogens is 4. The quantitative estimate of drug-likeness (QED) is 0.757. The first-order valence-corrected chi connectivity index (χ1v) is 6.60. The first-order valence-electron chi connectivity index (χ1n) is 5.48. The Hall–Kier alpha value is -0.710. The summed E-state index contributed by atoms with van der Waals surface area (Å²) in [5, 5.41) is 0.574. The first-order chi connectivity index (χ1) is 8.01. The van der Waals surface area contributed by atoms with E-state index in [9.17, 15) is 13.2 Å². The lowest BCUT2D eigenvalue weighted by molar-refractivity contribution is -0.120. The Morgan fingerprint density at radius 2 is 1.88 bits per heavy atom. The average molecular weight is 308 g/mol. The van der Waals surface area contributed by atoms with Gasteiger partial charge in [0.1, 0.15) is 6.54 Å². The van der Waals surface area contributed by atoms with Crippen LogP contribution in [0.25, 0.3) is 0 Å². The van der Waals surface area contributed by atoms with Gasteiger partial charge in [0.15, 0.2) is 0 Å². The van der Waals surface area contributed by atoms with Gasteiger partial charge in [-0.15, -0.1) is 0 Å². The Labute approximate surface area is 107 Å². The third-order valence-corrected chi connectivity index (χ3v) is 3.39. The molecule has 0 aliphatic heterocycles. The fourth-order valence-electron chi connectivity index (χ4n) is 1.89. The molecule has 1 aromatic carbocycles. The predicted octanol–water partition coefficient (Wildman–Crippen LogP) is 4.11. The zero-order chi connectivity index (χ0) is 12.5. The Balaban J connectivity index is 2.26. The fraction of sp³-hybridized carbons (Fsp3) is 0.500. The molecule has 17 heavy (non-hydrogen) atoms. The zero-order valence-corrected chi connectivity index (χ0v) is 10.8. The van der Waals surface area contributed by atoms with Gasteiger partial charge >= 0.3 is 6.18 Å². The van der Waals surface area contributed by atoms with E-state index >= 15 is 0 Å². The maximum atomic E-state index is 12.6. The molecule has 1 saturated carbocycles. The summed E-state index contributed by atoms with van der Waals surface area (Å²) in [6, 6.07) is 7.31. The van der Waals surface area contributed by atoms with E-state index in [1.165, 1.54) is 4.90 Å². The Bertz CT molecular complexity index is 388. The third-order valence-electron chi connectivity index (χ3n) is 2.78. The van der Waals surface area contributed by atoms with Gasteiger partial charge in [-0.3, -0.25) is 0 Å². The van der Waals surface area contributed by atoms with Gasteiger partial charge in [-0.1, -0.05) is 34.1 Å². The summed E-state index contributed by atoms with van der Waals surface area (Å²) >= 11 is 3.32. The molecule has 0 N–H and O–H groups in total. The van der Waals surface area contributed by atoms with E-state index in [2.05, 4.69) is 15.9 Å². The van der Waals surface area contributed by atoms with Gasteiger partial charge in [-0.2, -0.15) is 13.2 Å². The number of anilines is 1. The largest absolute Gasteiger partial charge is 0.405 e. The van der Waals surface area contributed by atoms with Crippen LogP contribution < -0.4 is 4.90 Å². The molecule has 0 spiro atoms. The van der Waals surface area contributed by atoms with Crippen LogP contribution in [-0.2, 0) is 5.33 Å². The van der Waals surface area contributed by atoms with E-state index in [-0.39, 0.29) is 6.04 Å². The van der Waals surface area contributed by atoms with Crippen molar-refractivity contribution in [2.24, 2.45) is 0 Å². The second-order valence-electron chi connectivity index (χ2n) is 4.24. The lowest BCUT2D eigenvalue weighted by atomic mass is 10.1. The standard InChI is InChI=1S/C12H13BrF3N/c13-7-9-3-1-2-4-11(9)17(10-5-6-10)8-12(14,15)16/h1-4,10H,5-8H2. The van der Waals surface area contributed by atoms with Gasteiger partial charge in [0, 0.05) is 17.1 Å². The summed E-state index contributed by atoms with van der Waals surface area (Å²) in [7, 11) is 0. The topological polar surface area (TPSA) is 3.24 Å². The van der Waals surface area contributed by atoms with Crippen LogP contribution in [0, 0.1) is 0 Å². The van der Waals surface area contributed by atoms with Crippen LogP contribution in [0.15, 0.2) is 24.3 Å². The molecule has 5 heteroatoms. The van der Waals surface area contributed by atoms with Crippen molar-refractivity contribution in [3.63, 3.8) is 0 Å². The number of hydrogen-bond acceptors (Lipinski definition) is 1. The van der Waals surface area contributed by atoms with E-state index in [0.29, 0.717) is 11.0 Å². The van der Waals surface area contributed by atoms with Crippen molar-refractivity contribution in [2.45, 2.75) is 30.4 Å². The lowest BCUT2D eigenvalue weighted by Gasteiger charge is -2.27. The molecule has 1 nitrogen and oxygen atoms in total. The molecular weight excluding hydrogens is 295 g/mol. The monoisotopic (exact) mass is 307 g/mol. The van der Waals surface area contributed by atoms with Crippen molar-refractivity contribution in [3.8, 4) is 0 Å². The molecular formula is C12H13BrF3N. The molecule has 0 unspecified atom stereocenters. The Morgan fingerprint density at radius 1 is 1.24 bits per heavy atom. The fourth-order valence-corrected chi connectivity index (χ4v) is 2.37. The van der Waals surface area contributed by atoms with Crippen LogP contribution >= 0.6 is 15.9 Å². The van der Waals surface area contributed by atoms with Crippen molar-refractivity contribution in [1.29, 1.82) is 0 Å². The minimum atomic E-state index is -4.15. The van der Waals surface area contributed by atoms with Gasteiger partial charge in [0.2, 0.25) is 0 Å². The van der Waals surface area contributed by atoms with Gasteiger partial charge in [-0.05, 0) is 24.5 Å². The van der Waals surface area contributed by atoms with E-state index in [1.807, 2.05) is 12.1 Å². The molecule has 0 atom stereocenters. The summed E-state index contributed by atoms with van der Waals surface area (Å²) in [4.78, 5) is 1.48. The maximum absolute atomic E-state index is 12.6. The lowest BCUT2D eigenvalue weighted by Crippen LogP contribution is -2.36. The molecule has 94 valence electrons. The van der Waals surface area contributed by atoms with Crippen LogP contribution in [0.4, 0.5) is 18.9 Å². The summed E-state index contributed by atoms with van der Waals surface area (Å²) < 4.78 is 37.7. The molecule has 1 aromatic rings. The van der Waals surface area contributed by atoms with Crippen molar-refractivity contribution >= 4 is 21.6 Å². The van der Waals surface area contributed by atoms with Gasteiger partial charge in [0.05, 0.1) is 0 Å². The maximum Gasteiger partial charge on any atom is 0.405 e. The Kier molecular flexibility index (Phi) is 3.66. The molecule has 1 aliphatic rings. The number of para-hydroxylation sites is 1. The van der Waals surface area contributed by atoms with Crippen LogP contribution in [0.5, 0.6) is 0 Å². The summed E-state index contributed by atoms with van der Waals surface area (Å²) in [6.45, 7) is -0.859. The van der Waals surface area contributed by atoms with Crippen molar-refractivity contribution in [3.05, 3.63) is 29.8 Å². The number of alkyl halides is 4. The van der Waals surface area contributed by atoms with E-state index < -0.39 is 12.7 Å². The molecule has 0 saturated heterocycles. The van der Waals surface area contributed by atoms with Crippen LogP contribution in [0.2, 0.25) is 0 Å². The van der Waals surface area contributed by atoms with Crippen molar-refractivity contribution in [1.82, 2.24) is 0 Å². The third kappa shape index (κ3) is 3.37. The van der Waals surface area contributed by atoms with Gasteiger partial charge in [0.25, 0.3) is 0 Å². The van der Waals surface area contributed by atoms with Crippen LogP contribution in [0.3, 0.4) is 0 Å².